The number of aromatic amines is 1. The summed E-state index contributed by atoms with van der Waals surface area (Å²) in [6.45, 7) is 6.27. The van der Waals surface area contributed by atoms with Gasteiger partial charge in [0.05, 0.1) is 12.8 Å². The number of methoxy groups -OCH3 is 1. The van der Waals surface area contributed by atoms with E-state index in [0.717, 1.165) is 16.4 Å². The van der Waals surface area contributed by atoms with Gasteiger partial charge < -0.3 is 24.2 Å². The van der Waals surface area contributed by atoms with Crippen LogP contribution in [0, 0.1) is 13.8 Å². The highest BCUT2D eigenvalue weighted by Gasteiger charge is 2.25. The SMILES string of the molecule is COc1cc2c(cc1NC(=O)C(C)OC(=O)c1[nH]c(C)c(C(C)=O)c1C)oc1ccccc12. The highest BCUT2D eigenvalue weighted by molar-refractivity contribution is 6.08. The first-order valence-corrected chi connectivity index (χ1v) is 10.4. The molecule has 0 bridgehead atoms. The van der Waals surface area contributed by atoms with Crippen LogP contribution in [0.1, 0.15) is 46.0 Å². The second kappa shape index (κ2) is 8.46. The molecule has 1 atom stereocenters. The van der Waals surface area contributed by atoms with Gasteiger partial charge in [-0.2, -0.15) is 0 Å². The molecule has 8 heteroatoms. The Morgan fingerprint density at radius 2 is 1.79 bits per heavy atom. The first kappa shape index (κ1) is 22.1. The maximum atomic E-state index is 12.8. The molecule has 2 heterocycles. The van der Waals surface area contributed by atoms with Crippen LogP contribution in [0.2, 0.25) is 0 Å². The van der Waals surface area contributed by atoms with Gasteiger partial charge >= 0.3 is 5.97 Å². The molecule has 2 aromatic heterocycles. The number of benzene rings is 2. The van der Waals surface area contributed by atoms with Crippen molar-refractivity contribution in [3.63, 3.8) is 0 Å². The molecule has 1 unspecified atom stereocenters. The topological polar surface area (TPSA) is 111 Å². The highest BCUT2D eigenvalue weighted by atomic mass is 16.5. The highest BCUT2D eigenvalue weighted by Crippen LogP contribution is 2.36. The normalized spacial score (nSPS) is 12.0. The second-order valence-corrected chi connectivity index (χ2v) is 7.86. The molecule has 2 N–H and O–H groups in total. The van der Waals surface area contributed by atoms with Gasteiger partial charge in [-0.05, 0) is 45.4 Å². The zero-order chi connectivity index (χ0) is 23.9. The molecule has 170 valence electrons. The summed E-state index contributed by atoms with van der Waals surface area (Å²) >= 11 is 0. The summed E-state index contributed by atoms with van der Waals surface area (Å²) in [4.78, 5) is 40.1. The number of carbonyl (C=O) groups is 3. The lowest BCUT2D eigenvalue weighted by Gasteiger charge is -2.15. The minimum Gasteiger partial charge on any atom is -0.495 e. The molecular weight excluding hydrogens is 424 g/mol. The molecule has 0 radical (unpaired) electrons. The van der Waals surface area contributed by atoms with Crippen LogP contribution in [0.4, 0.5) is 5.69 Å². The van der Waals surface area contributed by atoms with Crippen LogP contribution in [-0.2, 0) is 9.53 Å². The molecule has 0 aliphatic heterocycles. The molecule has 33 heavy (non-hydrogen) atoms. The fourth-order valence-corrected chi connectivity index (χ4v) is 4.01. The fourth-order valence-electron chi connectivity index (χ4n) is 4.01. The smallest absolute Gasteiger partial charge is 0.355 e. The molecule has 2 aromatic carbocycles. The summed E-state index contributed by atoms with van der Waals surface area (Å²) in [5.74, 6) is -0.961. The number of Topliss-reactive ketones (excluding diaryl/α,β-unsaturated/α-hetero) is 1. The number of aryl methyl sites for hydroxylation is 1. The molecule has 0 spiro atoms. The predicted molar refractivity (Wildman–Crippen MR) is 124 cm³/mol. The third-order valence-electron chi connectivity index (χ3n) is 5.60. The number of carbonyl (C=O) groups excluding carboxylic acids is 3. The Hall–Kier alpha value is -4.07. The van der Waals surface area contributed by atoms with Crippen molar-refractivity contribution in [3.8, 4) is 5.75 Å². The van der Waals surface area contributed by atoms with Crippen LogP contribution >= 0.6 is 0 Å². The first-order chi connectivity index (χ1) is 15.7. The van der Waals surface area contributed by atoms with Crippen molar-refractivity contribution < 1.29 is 28.3 Å². The summed E-state index contributed by atoms with van der Waals surface area (Å²) in [5, 5.41) is 4.54. The summed E-state index contributed by atoms with van der Waals surface area (Å²) in [5.41, 5.74) is 3.37. The van der Waals surface area contributed by atoms with Gasteiger partial charge in [0.15, 0.2) is 11.9 Å². The third-order valence-corrected chi connectivity index (χ3v) is 5.60. The van der Waals surface area contributed by atoms with Gasteiger partial charge in [-0.1, -0.05) is 18.2 Å². The van der Waals surface area contributed by atoms with Crippen LogP contribution in [0.15, 0.2) is 40.8 Å². The Kier molecular flexibility index (Phi) is 5.68. The van der Waals surface area contributed by atoms with E-state index in [9.17, 15) is 14.4 Å². The molecule has 4 aromatic rings. The van der Waals surface area contributed by atoms with Crippen LogP contribution in [0.25, 0.3) is 21.9 Å². The van der Waals surface area contributed by atoms with Crippen molar-refractivity contribution in [2.24, 2.45) is 0 Å². The number of anilines is 1. The number of H-pyrrole nitrogens is 1. The van der Waals surface area contributed by atoms with Crippen LogP contribution in [-0.4, -0.2) is 35.9 Å². The van der Waals surface area contributed by atoms with E-state index < -0.39 is 18.0 Å². The van der Waals surface area contributed by atoms with E-state index in [1.807, 2.05) is 24.3 Å². The van der Waals surface area contributed by atoms with Gasteiger partial charge in [-0.25, -0.2) is 4.79 Å². The summed E-state index contributed by atoms with van der Waals surface area (Å²) < 4.78 is 16.7. The van der Waals surface area contributed by atoms with Gasteiger partial charge in [0, 0.05) is 28.1 Å². The maximum Gasteiger partial charge on any atom is 0.355 e. The van der Waals surface area contributed by atoms with Gasteiger partial charge in [-0.15, -0.1) is 0 Å². The van der Waals surface area contributed by atoms with E-state index in [1.165, 1.54) is 21.0 Å². The quantitative estimate of drug-likeness (QED) is 0.320. The van der Waals surface area contributed by atoms with E-state index in [-0.39, 0.29) is 11.5 Å². The van der Waals surface area contributed by atoms with Crippen molar-refractivity contribution in [3.05, 3.63) is 58.9 Å². The zero-order valence-electron chi connectivity index (χ0n) is 19.0. The largest absolute Gasteiger partial charge is 0.495 e. The lowest BCUT2D eigenvalue weighted by molar-refractivity contribution is -0.123. The Morgan fingerprint density at radius 3 is 2.45 bits per heavy atom. The number of ether oxygens (including phenoxy) is 2. The van der Waals surface area contributed by atoms with Gasteiger partial charge in [0.1, 0.15) is 22.6 Å². The van der Waals surface area contributed by atoms with Gasteiger partial charge in [-0.3, -0.25) is 9.59 Å². The number of rotatable bonds is 6. The lowest BCUT2D eigenvalue weighted by Crippen LogP contribution is -2.30. The Morgan fingerprint density at radius 1 is 1.06 bits per heavy atom. The number of amides is 1. The van der Waals surface area contributed by atoms with E-state index >= 15 is 0 Å². The number of para-hydroxylation sites is 1. The number of fused-ring (bicyclic) bond motifs is 3. The number of hydrogen-bond acceptors (Lipinski definition) is 6. The average molecular weight is 448 g/mol. The number of ketones is 1. The molecule has 0 saturated carbocycles. The zero-order valence-corrected chi connectivity index (χ0v) is 19.0. The monoisotopic (exact) mass is 448 g/mol. The Labute approximate surface area is 189 Å². The van der Waals surface area contributed by atoms with E-state index in [1.54, 1.807) is 26.0 Å². The Bertz CT molecular complexity index is 1410. The fraction of sp³-hybridized carbons (Fsp3) is 0.240. The van der Waals surface area contributed by atoms with Gasteiger partial charge in [0.25, 0.3) is 5.91 Å². The number of furan rings is 1. The van der Waals surface area contributed by atoms with Crippen LogP contribution < -0.4 is 10.1 Å². The Balaban J connectivity index is 1.55. The van der Waals surface area contributed by atoms with E-state index in [4.69, 9.17) is 13.9 Å². The molecule has 0 aliphatic carbocycles. The molecule has 1 amide bonds. The first-order valence-electron chi connectivity index (χ1n) is 10.4. The third kappa shape index (κ3) is 3.95. The summed E-state index contributed by atoms with van der Waals surface area (Å²) in [7, 11) is 1.51. The molecule has 8 nitrogen and oxygen atoms in total. The molecule has 0 saturated heterocycles. The average Bonchev–Trinajstić information content (AvgIpc) is 3.28. The molecule has 4 rings (SSSR count). The van der Waals surface area contributed by atoms with Crippen LogP contribution in [0.3, 0.4) is 0 Å². The van der Waals surface area contributed by atoms with E-state index in [2.05, 4.69) is 10.3 Å². The van der Waals surface area contributed by atoms with Crippen LogP contribution in [0.5, 0.6) is 5.75 Å². The second-order valence-electron chi connectivity index (χ2n) is 7.86. The van der Waals surface area contributed by atoms with E-state index in [0.29, 0.717) is 33.8 Å². The predicted octanol–water partition coefficient (Wildman–Crippen LogP) is 4.93. The number of hydrogen-bond donors (Lipinski definition) is 2. The summed E-state index contributed by atoms with van der Waals surface area (Å²) in [6, 6.07) is 11.1. The summed E-state index contributed by atoms with van der Waals surface area (Å²) in [6.07, 6.45) is -1.10. The van der Waals surface area contributed by atoms with Crippen molar-refractivity contribution in [1.82, 2.24) is 4.98 Å². The maximum absolute atomic E-state index is 12.8. The molecule has 0 fully saturated rings. The van der Waals surface area contributed by atoms with Crippen molar-refractivity contribution in [2.75, 3.05) is 12.4 Å². The minimum absolute atomic E-state index is 0.152. The minimum atomic E-state index is -1.10. The van der Waals surface area contributed by atoms with Crippen molar-refractivity contribution in [2.45, 2.75) is 33.8 Å². The lowest BCUT2D eigenvalue weighted by atomic mass is 10.1. The molecular formula is C25H24N2O6. The standard InChI is InChI=1S/C25H24N2O6/c1-12-22(14(3)28)13(2)26-23(12)25(30)32-15(4)24(29)27-18-11-20-17(10-21(18)31-5)16-8-6-7-9-19(16)33-20/h6-11,15,26H,1-5H3,(H,27,29). The number of aromatic nitrogens is 1. The van der Waals surface area contributed by atoms with Gasteiger partial charge in [0.2, 0.25) is 0 Å². The van der Waals surface area contributed by atoms with Crippen molar-refractivity contribution in [1.29, 1.82) is 0 Å². The number of nitrogens with one attached hydrogen (secondary N) is 2. The molecule has 0 aliphatic rings. The van der Waals surface area contributed by atoms with Crippen molar-refractivity contribution >= 4 is 45.3 Å². The number of esters is 1.